The van der Waals surface area contributed by atoms with E-state index in [1.165, 1.54) is 6.92 Å². The quantitative estimate of drug-likeness (QED) is 0.176. The third-order valence-corrected chi connectivity index (χ3v) is 10.1. The highest BCUT2D eigenvalue weighted by Gasteiger charge is 2.85. The van der Waals surface area contributed by atoms with Gasteiger partial charge in [-0.1, -0.05) is 86.8 Å². The molecule has 0 radical (unpaired) electrons. The molecule has 0 bridgehead atoms. The standard InChI is InChI=1S/C36H46O8/c1-6-7-8-9-10-11-12-13-14-15-16-17-30(39)43-23-33(5)31-28-19-27(22-37)21-34(41)29(18-24(2)32(34)40)36(28,42)25(3)20-35(31,33)44-26(4)38/h6-15,18-19,25,28-29,31,37,41-42H,16-17,20-23H2,1-5H3/t25-,28+,29-,31-,33-,34-,35+,36-/m1/s1. The molecular formula is C36H46O8. The van der Waals surface area contributed by atoms with Crippen molar-refractivity contribution in [3.05, 3.63) is 84.1 Å². The highest BCUT2D eigenvalue weighted by Crippen LogP contribution is 2.76. The van der Waals surface area contributed by atoms with E-state index in [9.17, 15) is 29.7 Å². The topological polar surface area (TPSA) is 130 Å². The number of aliphatic hydroxyl groups is 3. The summed E-state index contributed by atoms with van der Waals surface area (Å²) in [4.78, 5) is 38.3. The molecule has 0 spiro atoms. The molecule has 0 aromatic carbocycles. The molecule has 2 saturated carbocycles. The summed E-state index contributed by atoms with van der Waals surface area (Å²) in [5, 5.41) is 34.4. The van der Waals surface area contributed by atoms with Gasteiger partial charge < -0.3 is 24.8 Å². The first-order valence-electron chi connectivity index (χ1n) is 15.4. The lowest BCUT2D eigenvalue weighted by molar-refractivity contribution is -0.186. The van der Waals surface area contributed by atoms with E-state index in [0.717, 1.165) is 0 Å². The van der Waals surface area contributed by atoms with E-state index in [4.69, 9.17) is 9.47 Å². The van der Waals surface area contributed by atoms with Crippen molar-refractivity contribution in [3.8, 4) is 0 Å². The Kier molecular flexibility index (Phi) is 9.88. The van der Waals surface area contributed by atoms with Crippen molar-refractivity contribution in [2.24, 2.45) is 29.1 Å². The Bertz CT molecular complexity index is 1360. The number of allylic oxidation sites excluding steroid dienone is 10. The predicted molar refractivity (Wildman–Crippen MR) is 167 cm³/mol. The van der Waals surface area contributed by atoms with Gasteiger partial charge in [-0.15, -0.1) is 0 Å². The number of esters is 2. The van der Waals surface area contributed by atoms with Gasteiger partial charge in [0.2, 0.25) is 0 Å². The summed E-state index contributed by atoms with van der Waals surface area (Å²) in [6.07, 6.45) is 23.3. The Balaban J connectivity index is 1.50. The number of Topliss-reactive ketones (excluding diaryl/α,β-unsaturated/α-hetero) is 1. The van der Waals surface area contributed by atoms with E-state index >= 15 is 0 Å². The van der Waals surface area contributed by atoms with E-state index < -0.39 is 64.2 Å². The van der Waals surface area contributed by atoms with Gasteiger partial charge in [0, 0.05) is 42.9 Å². The normalized spacial score (nSPS) is 38.1. The zero-order valence-electron chi connectivity index (χ0n) is 26.4. The summed E-state index contributed by atoms with van der Waals surface area (Å²) in [6, 6.07) is 0. The molecule has 0 aromatic rings. The summed E-state index contributed by atoms with van der Waals surface area (Å²) in [6.45, 7) is 8.22. The molecule has 0 amide bonds. The number of carbonyl (C=O) groups excluding carboxylic acids is 3. The monoisotopic (exact) mass is 606 g/mol. The van der Waals surface area contributed by atoms with Crippen LogP contribution in [0.3, 0.4) is 0 Å². The molecule has 44 heavy (non-hydrogen) atoms. The minimum absolute atomic E-state index is 0.0245. The maximum Gasteiger partial charge on any atom is 0.306 e. The molecule has 8 nitrogen and oxygen atoms in total. The van der Waals surface area contributed by atoms with Crippen LogP contribution in [0, 0.1) is 29.1 Å². The van der Waals surface area contributed by atoms with Crippen LogP contribution in [0.25, 0.3) is 0 Å². The molecule has 4 aliphatic rings. The van der Waals surface area contributed by atoms with Crippen LogP contribution in [0.1, 0.15) is 60.3 Å². The third-order valence-electron chi connectivity index (χ3n) is 10.1. The molecule has 0 aromatic heterocycles. The fourth-order valence-corrected chi connectivity index (χ4v) is 8.05. The first-order chi connectivity index (χ1) is 20.8. The molecule has 0 unspecified atom stereocenters. The van der Waals surface area contributed by atoms with Crippen LogP contribution >= 0.6 is 0 Å². The van der Waals surface area contributed by atoms with E-state index in [0.29, 0.717) is 17.6 Å². The van der Waals surface area contributed by atoms with Gasteiger partial charge in [0.15, 0.2) is 5.78 Å². The van der Waals surface area contributed by atoms with E-state index in [-0.39, 0.29) is 31.8 Å². The molecule has 0 heterocycles. The van der Waals surface area contributed by atoms with Gasteiger partial charge in [-0.3, -0.25) is 14.4 Å². The SMILES string of the molecule is CC=CC=CC=CC=CC=CCCC(=O)OC[C@]1(C)[C@H]2[C@@H]3C=C(CO)C[C@]4(O)C(=O)C(C)=C[C@H]4[C@@]3(O)[C@H](C)C[C@]21OC(C)=O. The van der Waals surface area contributed by atoms with Crippen molar-refractivity contribution in [3.63, 3.8) is 0 Å². The Morgan fingerprint density at radius 1 is 1.05 bits per heavy atom. The maximum atomic E-state index is 13.1. The maximum absolute atomic E-state index is 13.1. The van der Waals surface area contributed by atoms with Gasteiger partial charge in [-0.05, 0) is 43.8 Å². The lowest BCUT2D eigenvalue weighted by Gasteiger charge is -2.50. The minimum atomic E-state index is -1.88. The van der Waals surface area contributed by atoms with Crippen molar-refractivity contribution >= 4 is 17.7 Å². The van der Waals surface area contributed by atoms with Crippen LogP contribution in [0.5, 0.6) is 0 Å². The first kappa shape index (κ1) is 33.6. The third kappa shape index (κ3) is 5.75. The van der Waals surface area contributed by atoms with Crippen LogP contribution in [0.2, 0.25) is 0 Å². The van der Waals surface area contributed by atoms with Crippen molar-refractivity contribution < 1.29 is 39.2 Å². The molecule has 0 saturated heterocycles. The minimum Gasteiger partial charge on any atom is -0.465 e. The predicted octanol–water partition coefficient (Wildman–Crippen LogP) is 4.63. The van der Waals surface area contributed by atoms with Crippen LogP contribution in [-0.2, 0) is 23.9 Å². The molecule has 8 heteroatoms. The van der Waals surface area contributed by atoms with E-state index in [2.05, 4.69) is 0 Å². The number of rotatable bonds is 11. The molecule has 4 aliphatic carbocycles. The first-order valence-corrected chi connectivity index (χ1v) is 15.4. The fraction of sp³-hybridized carbons (Fsp3) is 0.528. The second-order valence-electron chi connectivity index (χ2n) is 12.9. The van der Waals surface area contributed by atoms with Gasteiger partial charge in [-0.2, -0.15) is 0 Å². The highest BCUT2D eigenvalue weighted by molar-refractivity contribution is 6.04. The number of fused-ring (bicyclic) bond motifs is 5. The fourth-order valence-electron chi connectivity index (χ4n) is 8.05. The van der Waals surface area contributed by atoms with Crippen LogP contribution in [0.4, 0.5) is 0 Å². The Labute approximate surface area is 260 Å². The Morgan fingerprint density at radius 2 is 1.68 bits per heavy atom. The van der Waals surface area contributed by atoms with E-state index in [1.54, 1.807) is 19.1 Å². The largest absolute Gasteiger partial charge is 0.465 e. The Hall–Kier alpha value is -3.33. The van der Waals surface area contributed by atoms with E-state index in [1.807, 2.05) is 81.5 Å². The van der Waals surface area contributed by atoms with Gasteiger partial charge >= 0.3 is 11.9 Å². The number of carbonyl (C=O) groups is 3. The summed E-state index contributed by atoms with van der Waals surface area (Å²) in [7, 11) is 0. The average Bonchev–Trinajstić information content (AvgIpc) is 3.41. The van der Waals surface area contributed by atoms with Gasteiger partial charge in [0.25, 0.3) is 0 Å². The van der Waals surface area contributed by atoms with Crippen LogP contribution in [0.15, 0.2) is 84.1 Å². The second-order valence-corrected chi connectivity index (χ2v) is 12.9. The highest BCUT2D eigenvalue weighted by atomic mass is 16.6. The summed E-state index contributed by atoms with van der Waals surface area (Å²) >= 11 is 0. The number of hydrogen-bond acceptors (Lipinski definition) is 8. The molecule has 3 N–H and O–H groups in total. The van der Waals surface area contributed by atoms with Crippen LogP contribution < -0.4 is 0 Å². The number of hydrogen-bond donors (Lipinski definition) is 3. The number of aliphatic hydroxyl groups excluding tert-OH is 1. The van der Waals surface area contributed by atoms with Crippen molar-refractivity contribution in [1.29, 1.82) is 0 Å². The van der Waals surface area contributed by atoms with Crippen LogP contribution in [-0.4, -0.2) is 63.1 Å². The van der Waals surface area contributed by atoms with Gasteiger partial charge in [0.05, 0.1) is 12.2 Å². The summed E-state index contributed by atoms with van der Waals surface area (Å²) in [5.74, 6) is -3.87. The average molecular weight is 607 g/mol. The number of ketones is 1. The zero-order valence-corrected chi connectivity index (χ0v) is 26.4. The lowest BCUT2D eigenvalue weighted by Crippen LogP contribution is -2.61. The second kappa shape index (κ2) is 13.0. The molecule has 2 fully saturated rings. The molecule has 0 aliphatic heterocycles. The smallest absolute Gasteiger partial charge is 0.306 e. The molecular weight excluding hydrogens is 560 g/mol. The molecule has 8 atom stereocenters. The summed E-state index contributed by atoms with van der Waals surface area (Å²) in [5.41, 5.74) is -4.47. The van der Waals surface area contributed by atoms with Crippen molar-refractivity contribution in [2.75, 3.05) is 13.2 Å². The molecule has 4 rings (SSSR count). The van der Waals surface area contributed by atoms with Gasteiger partial charge in [-0.25, -0.2) is 0 Å². The molecule has 238 valence electrons. The van der Waals surface area contributed by atoms with Crippen molar-refractivity contribution in [1.82, 2.24) is 0 Å². The Morgan fingerprint density at radius 3 is 2.30 bits per heavy atom. The zero-order chi connectivity index (χ0) is 32.3. The number of ether oxygens (including phenoxy) is 2. The lowest BCUT2D eigenvalue weighted by atomic mass is 9.60. The van der Waals surface area contributed by atoms with Crippen molar-refractivity contribution in [2.45, 2.75) is 77.1 Å². The summed E-state index contributed by atoms with van der Waals surface area (Å²) < 4.78 is 11.8. The van der Waals surface area contributed by atoms with Gasteiger partial charge in [0.1, 0.15) is 17.8 Å².